The number of hydrogen-bond donors (Lipinski definition) is 1. The normalized spacial score (nSPS) is 11.2. The molecule has 2 aromatic heterocycles. The zero-order chi connectivity index (χ0) is 25.9. The topological polar surface area (TPSA) is 46.0 Å². The van der Waals surface area contributed by atoms with Crippen LogP contribution in [0.4, 0.5) is 0 Å². The van der Waals surface area contributed by atoms with Crippen LogP contribution in [0.1, 0.15) is 43.4 Å². The molecule has 1 radical (unpaired) electrons. The van der Waals surface area contributed by atoms with Gasteiger partial charge in [0.05, 0.1) is 5.69 Å². The predicted molar refractivity (Wildman–Crippen MR) is 146 cm³/mol. The van der Waals surface area contributed by atoms with Crippen LogP contribution in [0.3, 0.4) is 0 Å². The van der Waals surface area contributed by atoms with Gasteiger partial charge < -0.3 is 10.1 Å². The molecule has 0 bridgehead atoms. The first-order valence-corrected chi connectivity index (χ1v) is 11.7. The number of aromatic nitrogens is 2. The van der Waals surface area contributed by atoms with E-state index in [1.165, 1.54) is 5.56 Å². The number of fused-ring (bicyclic) bond motifs is 1. The van der Waals surface area contributed by atoms with E-state index in [2.05, 4.69) is 54.1 Å². The average molecular weight is 653 g/mol. The van der Waals surface area contributed by atoms with E-state index >= 15 is 0 Å². The van der Waals surface area contributed by atoms with Crippen molar-refractivity contribution in [3.05, 3.63) is 114 Å². The second kappa shape index (κ2) is 12.1. The maximum Gasteiger partial charge on any atom is 0.124 e. The summed E-state index contributed by atoms with van der Waals surface area (Å²) in [6.07, 6.45) is 3.59. The van der Waals surface area contributed by atoms with Gasteiger partial charge in [-0.2, -0.15) is 0 Å². The molecule has 0 amide bonds. The number of rotatable bonds is 3. The summed E-state index contributed by atoms with van der Waals surface area (Å²) in [6, 6.07) is 27.0. The summed E-state index contributed by atoms with van der Waals surface area (Å²) in [5.74, 6) is -0.348. The van der Waals surface area contributed by atoms with E-state index in [1.807, 2.05) is 63.4 Å². The molecule has 4 heteroatoms. The summed E-state index contributed by atoms with van der Waals surface area (Å²) in [5.41, 5.74) is 8.00. The first-order valence-electron chi connectivity index (χ1n) is 12.2. The van der Waals surface area contributed by atoms with Crippen molar-refractivity contribution in [2.75, 3.05) is 0 Å². The van der Waals surface area contributed by atoms with Gasteiger partial charge in [0, 0.05) is 39.4 Å². The Morgan fingerprint density at radius 3 is 2.28 bits per heavy atom. The summed E-state index contributed by atoms with van der Waals surface area (Å²) in [5, 5.41) is 11.8. The van der Waals surface area contributed by atoms with Crippen molar-refractivity contribution in [3.8, 4) is 28.3 Å². The Morgan fingerprint density at radius 1 is 0.833 bits per heavy atom. The molecule has 0 spiro atoms. The van der Waals surface area contributed by atoms with Crippen LogP contribution in [0, 0.1) is 26.8 Å². The van der Waals surface area contributed by atoms with E-state index in [1.54, 1.807) is 18.3 Å². The Hall–Kier alpha value is -3.33. The van der Waals surface area contributed by atoms with E-state index in [4.69, 9.17) is 1.37 Å². The standard InChI is InChI=1S/C20H20N.C12H11NO.Ir/c1-13(2)17-6-5-16-7-8-21-20(19(16)12-17)18-10-14(3)9-15(4)11-18;1-9-6-7-13-11(8-9)10-4-2-3-5-12(10)14;/h5-10,12-13H,1-4H3;2-8,14H,1H3;/q-1;;/i13D;;. The quantitative estimate of drug-likeness (QED) is 0.200. The molecule has 2 heterocycles. The molecule has 0 aliphatic rings. The summed E-state index contributed by atoms with van der Waals surface area (Å²) in [4.78, 5) is 8.80. The molecule has 5 rings (SSSR count). The van der Waals surface area contributed by atoms with Gasteiger partial charge in [-0.25, -0.2) is 0 Å². The molecular formula is C32H31IrN2O-. The Labute approximate surface area is 229 Å². The monoisotopic (exact) mass is 653 g/mol. The van der Waals surface area contributed by atoms with Gasteiger partial charge in [0.2, 0.25) is 0 Å². The Bertz CT molecular complexity index is 1510. The molecule has 3 nitrogen and oxygen atoms in total. The van der Waals surface area contributed by atoms with Crippen molar-refractivity contribution in [3.63, 3.8) is 0 Å². The number of pyridine rings is 2. The van der Waals surface area contributed by atoms with Crippen molar-refractivity contribution in [1.29, 1.82) is 0 Å². The van der Waals surface area contributed by atoms with Crippen molar-refractivity contribution in [2.45, 2.75) is 40.5 Å². The molecule has 1 N–H and O–H groups in total. The first kappa shape index (κ1) is 25.8. The third-order valence-corrected chi connectivity index (χ3v) is 5.84. The molecule has 0 atom stereocenters. The van der Waals surface area contributed by atoms with Crippen LogP contribution in [0.25, 0.3) is 33.3 Å². The molecule has 0 aliphatic carbocycles. The third-order valence-electron chi connectivity index (χ3n) is 5.84. The predicted octanol–water partition coefficient (Wildman–Crippen LogP) is 8.20. The molecule has 0 fully saturated rings. The van der Waals surface area contributed by atoms with Crippen LogP contribution in [-0.4, -0.2) is 15.1 Å². The fraction of sp³-hybridized carbons (Fsp3) is 0.188. The van der Waals surface area contributed by atoms with Crippen LogP contribution in [0.2, 0.25) is 0 Å². The summed E-state index contributed by atoms with van der Waals surface area (Å²) in [6.45, 7) is 9.97. The molecular weight excluding hydrogens is 621 g/mol. The molecule has 3 aromatic carbocycles. The second-order valence-electron chi connectivity index (χ2n) is 9.09. The van der Waals surface area contributed by atoms with Crippen molar-refractivity contribution < 1.29 is 26.6 Å². The van der Waals surface area contributed by atoms with Crippen molar-refractivity contribution in [1.82, 2.24) is 9.97 Å². The number of para-hydroxylation sites is 1. The Balaban J connectivity index is 0.000000220. The molecule has 185 valence electrons. The van der Waals surface area contributed by atoms with Gasteiger partial charge in [-0.15, -0.1) is 34.9 Å². The van der Waals surface area contributed by atoms with E-state index in [9.17, 15) is 5.11 Å². The molecule has 5 aromatic rings. The summed E-state index contributed by atoms with van der Waals surface area (Å²) >= 11 is 0. The minimum Gasteiger partial charge on any atom is -0.507 e. The maximum absolute atomic E-state index is 9.61. The number of aryl methyl sites for hydroxylation is 3. The zero-order valence-corrected chi connectivity index (χ0v) is 23.7. The molecule has 36 heavy (non-hydrogen) atoms. The smallest absolute Gasteiger partial charge is 0.124 e. The van der Waals surface area contributed by atoms with E-state index in [-0.39, 0.29) is 25.9 Å². The van der Waals surface area contributed by atoms with Crippen LogP contribution < -0.4 is 0 Å². The van der Waals surface area contributed by atoms with Gasteiger partial charge in [0.25, 0.3) is 0 Å². The summed E-state index contributed by atoms with van der Waals surface area (Å²) in [7, 11) is 0. The number of aromatic hydroxyl groups is 1. The average Bonchev–Trinajstić information content (AvgIpc) is 2.83. The molecule has 0 saturated carbocycles. The van der Waals surface area contributed by atoms with Gasteiger partial charge in [0.1, 0.15) is 5.75 Å². The number of nitrogens with zero attached hydrogens (tertiary/aromatic N) is 2. The Kier molecular flexibility index (Phi) is 8.64. The SMILES string of the molecule is Cc1ccnc(-c2ccccc2O)c1.[2H]C(C)(C)c1ccc2ccnc(-c3[c-]c(C)cc(C)c3)c2c1.[Ir]. The first-order chi connectivity index (χ1) is 17.1. The minimum atomic E-state index is -0.618. The fourth-order valence-corrected chi connectivity index (χ4v) is 4.09. The fourth-order valence-electron chi connectivity index (χ4n) is 4.09. The van der Waals surface area contributed by atoms with Gasteiger partial charge in [-0.05, 0) is 70.7 Å². The number of hydrogen-bond acceptors (Lipinski definition) is 3. The van der Waals surface area contributed by atoms with Crippen LogP contribution in [0.5, 0.6) is 5.75 Å². The van der Waals surface area contributed by atoms with Gasteiger partial charge >= 0.3 is 0 Å². The van der Waals surface area contributed by atoms with Gasteiger partial charge in [-0.1, -0.05) is 58.0 Å². The number of phenols is 1. The minimum absolute atomic E-state index is 0. The third kappa shape index (κ3) is 6.46. The number of benzene rings is 3. The maximum atomic E-state index is 9.61. The van der Waals surface area contributed by atoms with Crippen LogP contribution in [0.15, 0.2) is 85.2 Å². The zero-order valence-electron chi connectivity index (χ0n) is 22.3. The van der Waals surface area contributed by atoms with Crippen LogP contribution >= 0.6 is 0 Å². The second-order valence-corrected chi connectivity index (χ2v) is 9.09. The van der Waals surface area contributed by atoms with E-state index < -0.39 is 5.89 Å². The Morgan fingerprint density at radius 2 is 1.58 bits per heavy atom. The summed E-state index contributed by atoms with van der Waals surface area (Å²) < 4.78 is 8.26. The van der Waals surface area contributed by atoms with Crippen molar-refractivity contribution >= 4 is 10.8 Å². The largest absolute Gasteiger partial charge is 0.507 e. The van der Waals surface area contributed by atoms with E-state index in [0.29, 0.717) is 0 Å². The van der Waals surface area contributed by atoms with Gasteiger partial charge in [0.15, 0.2) is 0 Å². The van der Waals surface area contributed by atoms with Crippen molar-refractivity contribution in [2.24, 2.45) is 0 Å². The van der Waals surface area contributed by atoms with Gasteiger partial charge in [-0.3, -0.25) is 4.98 Å². The molecule has 0 aliphatic heterocycles. The molecule has 0 saturated heterocycles. The number of phenolic OH excluding ortho intramolecular Hbond substituents is 1. The molecule has 0 unspecified atom stereocenters. The van der Waals surface area contributed by atoms with Crippen LogP contribution in [-0.2, 0) is 20.1 Å². The van der Waals surface area contributed by atoms with E-state index in [0.717, 1.165) is 50.0 Å².